The molecule has 0 N–H and O–H groups in total. The van der Waals surface area contributed by atoms with Crippen LogP contribution in [0.4, 0.5) is 0 Å². The molecule has 2 aromatic rings. The van der Waals surface area contributed by atoms with Gasteiger partial charge < -0.3 is 4.74 Å². The predicted molar refractivity (Wildman–Crippen MR) is 79.7 cm³/mol. The van der Waals surface area contributed by atoms with Crippen LogP contribution in [0.15, 0.2) is 48.5 Å². The largest absolute Gasteiger partial charge is 0.495 e. The van der Waals surface area contributed by atoms with Crippen molar-refractivity contribution in [3.63, 3.8) is 0 Å². The highest BCUT2D eigenvalue weighted by atomic mass is 32.2. The number of hydrogen-bond donors (Lipinski definition) is 0. The van der Waals surface area contributed by atoms with Gasteiger partial charge in [-0.1, -0.05) is 36.4 Å². The first-order valence-corrected chi connectivity index (χ1v) is 7.67. The van der Waals surface area contributed by atoms with Crippen molar-refractivity contribution < 1.29 is 8.95 Å². The van der Waals surface area contributed by atoms with E-state index in [9.17, 15) is 4.21 Å². The lowest BCUT2D eigenvalue weighted by atomic mass is 10.1. The van der Waals surface area contributed by atoms with Gasteiger partial charge in [-0.2, -0.15) is 5.26 Å². The number of nitriles is 1. The average molecular weight is 285 g/mol. The summed E-state index contributed by atoms with van der Waals surface area (Å²) in [7, 11) is 0.540. The van der Waals surface area contributed by atoms with Crippen LogP contribution in [0.2, 0.25) is 0 Å². The summed E-state index contributed by atoms with van der Waals surface area (Å²) >= 11 is 0. The molecule has 0 spiro atoms. The molecule has 0 radical (unpaired) electrons. The van der Waals surface area contributed by atoms with Gasteiger partial charge >= 0.3 is 0 Å². The number of nitrogens with zero attached hydrogens (tertiary/aromatic N) is 1. The monoisotopic (exact) mass is 285 g/mol. The highest BCUT2D eigenvalue weighted by Gasteiger charge is 2.07. The molecule has 0 amide bonds. The molecule has 102 valence electrons. The van der Waals surface area contributed by atoms with Crippen LogP contribution in [-0.2, 0) is 22.3 Å². The van der Waals surface area contributed by atoms with Gasteiger partial charge in [0.1, 0.15) is 11.8 Å². The first-order chi connectivity index (χ1) is 9.72. The third kappa shape index (κ3) is 3.69. The zero-order valence-corrected chi connectivity index (χ0v) is 12.0. The Kier molecular flexibility index (Phi) is 4.91. The van der Waals surface area contributed by atoms with E-state index in [1.54, 1.807) is 12.1 Å². The van der Waals surface area contributed by atoms with Crippen LogP contribution in [0.25, 0.3) is 0 Å². The standard InChI is InChI=1S/C16H15NO2S/c1-19-16-8-7-14(9-15(16)10-17)12-20(18)11-13-5-3-2-4-6-13/h2-9H,11-12H2,1H3. The Hall–Kier alpha value is -2.12. The molecule has 0 fully saturated rings. The van der Waals surface area contributed by atoms with Gasteiger partial charge in [0.25, 0.3) is 0 Å². The Balaban J connectivity index is 2.07. The zero-order valence-electron chi connectivity index (χ0n) is 11.2. The van der Waals surface area contributed by atoms with Crippen molar-refractivity contribution in [3.8, 4) is 11.8 Å². The summed E-state index contributed by atoms with van der Waals surface area (Å²) < 4.78 is 17.2. The van der Waals surface area contributed by atoms with Gasteiger partial charge in [-0.3, -0.25) is 4.21 Å². The maximum atomic E-state index is 12.1. The van der Waals surface area contributed by atoms with Crippen LogP contribution >= 0.6 is 0 Å². The van der Waals surface area contributed by atoms with E-state index in [0.29, 0.717) is 22.8 Å². The van der Waals surface area contributed by atoms with E-state index in [4.69, 9.17) is 10.00 Å². The summed E-state index contributed by atoms with van der Waals surface area (Å²) in [6, 6.07) is 17.2. The first kappa shape index (κ1) is 14.3. The van der Waals surface area contributed by atoms with E-state index in [1.165, 1.54) is 7.11 Å². The maximum absolute atomic E-state index is 12.1. The Labute approximate surface area is 121 Å². The normalized spacial score (nSPS) is 11.6. The summed E-state index contributed by atoms with van der Waals surface area (Å²) in [4.78, 5) is 0. The van der Waals surface area contributed by atoms with E-state index in [0.717, 1.165) is 11.1 Å². The van der Waals surface area contributed by atoms with E-state index in [2.05, 4.69) is 6.07 Å². The Morgan fingerprint density at radius 3 is 2.45 bits per heavy atom. The SMILES string of the molecule is COc1ccc(CS(=O)Cc2ccccc2)cc1C#N. The van der Waals surface area contributed by atoms with Crippen molar-refractivity contribution >= 4 is 10.8 Å². The fraction of sp³-hybridized carbons (Fsp3) is 0.188. The molecule has 0 aliphatic carbocycles. The molecule has 2 aromatic carbocycles. The fourth-order valence-electron chi connectivity index (χ4n) is 1.93. The van der Waals surface area contributed by atoms with Crippen LogP contribution in [0, 0.1) is 11.3 Å². The van der Waals surface area contributed by atoms with Crippen LogP contribution in [0.5, 0.6) is 5.75 Å². The molecule has 2 rings (SSSR count). The first-order valence-electron chi connectivity index (χ1n) is 6.19. The molecule has 1 unspecified atom stereocenters. The summed E-state index contributed by atoms with van der Waals surface area (Å²) in [6.45, 7) is 0. The minimum atomic E-state index is -0.991. The maximum Gasteiger partial charge on any atom is 0.136 e. The lowest BCUT2D eigenvalue weighted by Crippen LogP contribution is -2.00. The van der Waals surface area contributed by atoms with Crippen molar-refractivity contribution in [1.29, 1.82) is 5.26 Å². The Morgan fingerprint density at radius 1 is 1.10 bits per heavy atom. The topological polar surface area (TPSA) is 50.1 Å². The van der Waals surface area contributed by atoms with Crippen LogP contribution in [-0.4, -0.2) is 11.3 Å². The molecule has 20 heavy (non-hydrogen) atoms. The minimum absolute atomic E-state index is 0.438. The van der Waals surface area contributed by atoms with Gasteiger partial charge in [-0.05, 0) is 23.3 Å². The number of ether oxygens (including phenoxy) is 1. The summed E-state index contributed by atoms with van der Waals surface area (Å²) in [5.41, 5.74) is 2.41. The molecule has 0 saturated heterocycles. The van der Waals surface area contributed by atoms with Gasteiger partial charge in [0, 0.05) is 22.3 Å². The second-order valence-corrected chi connectivity index (χ2v) is 5.82. The second-order valence-electron chi connectivity index (χ2n) is 4.36. The third-order valence-electron chi connectivity index (χ3n) is 2.88. The molecular weight excluding hydrogens is 270 g/mol. The van der Waals surface area contributed by atoms with Crippen molar-refractivity contribution in [1.82, 2.24) is 0 Å². The summed E-state index contributed by atoms with van der Waals surface area (Å²) in [5.74, 6) is 1.51. The third-order valence-corrected chi connectivity index (χ3v) is 4.19. The van der Waals surface area contributed by atoms with Gasteiger partial charge in [0.05, 0.1) is 12.7 Å². The summed E-state index contributed by atoms with van der Waals surface area (Å²) in [5, 5.41) is 9.04. The van der Waals surface area contributed by atoms with Crippen molar-refractivity contribution in [2.75, 3.05) is 7.11 Å². The zero-order chi connectivity index (χ0) is 14.4. The smallest absolute Gasteiger partial charge is 0.136 e. The fourth-order valence-corrected chi connectivity index (χ4v) is 3.15. The molecule has 4 heteroatoms. The van der Waals surface area contributed by atoms with E-state index in [-0.39, 0.29) is 0 Å². The lowest BCUT2D eigenvalue weighted by Gasteiger charge is -2.06. The molecule has 0 aromatic heterocycles. The van der Waals surface area contributed by atoms with E-state index < -0.39 is 10.8 Å². The Morgan fingerprint density at radius 2 is 1.80 bits per heavy atom. The molecule has 0 aliphatic heterocycles. The molecule has 0 aliphatic rings. The molecule has 3 nitrogen and oxygen atoms in total. The molecule has 0 bridgehead atoms. The number of methoxy groups -OCH3 is 1. The van der Waals surface area contributed by atoms with Crippen LogP contribution in [0.1, 0.15) is 16.7 Å². The van der Waals surface area contributed by atoms with Crippen LogP contribution in [0.3, 0.4) is 0 Å². The summed E-state index contributed by atoms with van der Waals surface area (Å²) in [6.07, 6.45) is 0. The lowest BCUT2D eigenvalue weighted by molar-refractivity contribution is 0.413. The molecule has 0 heterocycles. The van der Waals surface area contributed by atoms with Crippen molar-refractivity contribution in [2.45, 2.75) is 11.5 Å². The second kappa shape index (κ2) is 6.88. The molecule has 1 atom stereocenters. The number of benzene rings is 2. The molecule has 0 saturated carbocycles. The quantitative estimate of drug-likeness (QED) is 0.848. The van der Waals surface area contributed by atoms with E-state index in [1.807, 2.05) is 36.4 Å². The van der Waals surface area contributed by atoms with Gasteiger partial charge in [0.15, 0.2) is 0 Å². The number of hydrogen-bond acceptors (Lipinski definition) is 3. The number of rotatable bonds is 5. The Bertz CT molecular complexity index is 647. The van der Waals surface area contributed by atoms with Gasteiger partial charge in [-0.25, -0.2) is 0 Å². The highest BCUT2D eigenvalue weighted by Crippen LogP contribution is 2.20. The highest BCUT2D eigenvalue weighted by molar-refractivity contribution is 7.83. The van der Waals surface area contributed by atoms with E-state index >= 15 is 0 Å². The van der Waals surface area contributed by atoms with Crippen molar-refractivity contribution in [2.24, 2.45) is 0 Å². The van der Waals surface area contributed by atoms with Gasteiger partial charge in [0.2, 0.25) is 0 Å². The van der Waals surface area contributed by atoms with Crippen molar-refractivity contribution in [3.05, 3.63) is 65.2 Å². The van der Waals surface area contributed by atoms with Crippen LogP contribution < -0.4 is 4.74 Å². The predicted octanol–water partition coefficient (Wildman–Crippen LogP) is 3.02. The average Bonchev–Trinajstić information content (AvgIpc) is 2.48. The molecular formula is C16H15NO2S. The van der Waals surface area contributed by atoms with Gasteiger partial charge in [-0.15, -0.1) is 0 Å². The minimum Gasteiger partial charge on any atom is -0.495 e.